The SMILES string of the molecule is CC(OS(=O)(=O)O)(SCCO)SCCO. The van der Waals surface area contributed by atoms with Crippen LogP contribution in [0.3, 0.4) is 0 Å². The molecule has 0 atom stereocenters. The van der Waals surface area contributed by atoms with Crippen molar-refractivity contribution in [1.82, 2.24) is 0 Å². The first kappa shape index (κ1) is 15.5. The second-order valence-corrected chi connectivity index (χ2v) is 6.75. The van der Waals surface area contributed by atoms with Crippen molar-refractivity contribution in [1.29, 1.82) is 0 Å². The lowest BCUT2D eigenvalue weighted by atomic mass is 10.8. The van der Waals surface area contributed by atoms with Gasteiger partial charge in [0.2, 0.25) is 0 Å². The summed E-state index contributed by atoms with van der Waals surface area (Å²) < 4.78 is 32.9. The van der Waals surface area contributed by atoms with E-state index < -0.39 is 14.7 Å². The van der Waals surface area contributed by atoms with Gasteiger partial charge in [0.25, 0.3) is 0 Å². The number of rotatable bonds is 8. The van der Waals surface area contributed by atoms with Crippen LogP contribution in [0.1, 0.15) is 6.92 Å². The molecule has 0 radical (unpaired) electrons. The minimum atomic E-state index is -4.55. The minimum absolute atomic E-state index is 0.130. The van der Waals surface area contributed by atoms with Crippen molar-refractivity contribution in [2.24, 2.45) is 0 Å². The molecule has 0 aromatic carbocycles. The molecule has 0 unspecified atom stereocenters. The third kappa shape index (κ3) is 8.31. The summed E-state index contributed by atoms with van der Waals surface area (Å²) in [6.45, 7) is 1.19. The fraction of sp³-hybridized carbons (Fsp3) is 1.00. The van der Waals surface area contributed by atoms with Crippen molar-refractivity contribution in [2.45, 2.75) is 11.2 Å². The summed E-state index contributed by atoms with van der Waals surface area (Å²) in [6.07, 6.45) is 0. The summed E-state index contributed by atoms with van der Waals surface area (Å²) in [4.78, 5) is 0. The molecule has 0 aromatic rings. The molecule has 0 aliphatic rings. The maximum atomic E-state index is 10.6. The predicted molar refractivity (Wildman–Crippen MR) is 60.1 cm³/mol. The summed E-state index contributed by atoms with van der Waals surface area (Å²) in [5, 5.41) is 17.2. The van der Waals surface area contributed by atoms with Crippen molar-refractivity contribution >= 4 is 33.9 Å². The van der Waals surface area contributed by atoms with Gasteiger partial charge < -0.3 is 10.2 Å². The lowest BCUT2D eigenvalue weighted by Gasteiger charge is -2.25. The molecule has 0 bridgehead atoms. The molecule has 3 N–H and O–H groups in total. The summed E-state index contributed by atoms with van der Waals surface area (Å²) in [5.74, 6) is 0.537. The van der Waals surface area contributed by atoms with Crippen LogP contribution in [0.2, 0.25) is 0 Å². The first-order chi connectivity index (χ1) is 6.83. The van der Waals surface area contributed by atoms with Crippen molar-refractivity contribution in [3.05, 3.63) is 0 Å². The number of aliphatic hydroxyl groups excluding tert-OH is 2. The Morgan fingerprint density at radius 3 is 1.87 bits per heavy atom. The van der Waals surface area contributed by atoms with E-state index in [0.29, 0.717) is 0 Å². The zero-order chi connectivity index (χ0) is 11.9. The van der Waals surface area contributed by atoms with Gasteiger partial charge >= 0.3 is 10.4 Å². The maximum absolute atomic E-state index is 10.6. The average Bonchev–Trinajstić information content (AvgIpc) is 2.09. The van der Waals surface area contributed by atoms with Crippen molar-refractivity contribution in [2.75, 3.05) is 24.7 Å². The number of hydrogen-bond donors (Lipinski definition) is 3. The summed E-state index contributed by atoms with van der Waals surface area (Å²) in [5.41, 5.74) is 0. The van der Waals surface area contributed by atoms with E-state index in [1.807, 2.05) is 0 Å². The molecule has 15 heavy (non-hydrogen) atoms. The lowest BCUT2D eigenvalue weighted by Crippen LogP contribution is -2.26. The summed E-state index contributed by atoms with van der Waals surface area (Å²) >= 11 is 2.06. The van der Waals surface area contributed by atoms with Crippen LogP contribution in [0, 0.1) is 0 Å². The number of hydrogen-bond acceptors (Lipinski definition) is 7. The van der Waals surface area contributed by atoms with Gasteiger partial charge in [0, 0.05) is 11.5 Å². The molecular formula is C6H14O6S3. The van der Waals surface area contributed by atoms with E-state index in [-0.39, 0.29) is 24.7 Å². The second-order valence-electron chi connectivity index (χ2n) is 2.52. The van der Waals surface area contributed by atoms with Gasteiger partial charge in [-0.2, -0.15) is 8.42 Å². The van der Waals surface area contributed by atoms with E-state index >= 15 is 0 Å². The van der Waals surface area contributed by atoms with Crippen LogP contribution < -0.4 is 0 Å². The Labute approximate surface area is 97.3 Å². The third-order valence-corrected chi connectivity index (χ3v) is 4.62. The summed E-state index contributed by atoms with van der Waals surface area (Å²) in [6, 6.07) is 0. The predicted octanol–water partition coefficient (Wildman–Crippen LogP) is -0.0695. The van der Waals surface area contributed by atoms with Gasteiger partial charge in [-0.15, -0.1) is 23.5 Å². The highest BCUT2D eigenvalue weighted by Gasteiger charge is 2.31. The molecule has 0 aromatic heterocycles. The Morgan fingerprint density at radius 2 is 1.60 bits per heavy atom. The third-order valence-electron chi connectivity index (χ3n) is 1.17. The minimum Gasteiger partial charge on any atom is -0.396 e. The van der Waals surface area contributed by atoms with Crippen LogP contribution in [-0.2, 0) is 14.6 Å². The van der Waals surface area contributed by atoms with Gasteiger partial charge in [-0.1, -0.05) is 0 Å². The van der Waals surface area contributed by atoms with Crippen LogP contribution in [-0.4, -0.2) is 52.2 Å². The Bertz CT molecular complexity index is 256. The van der Waals surface area contributed by atoms with E-state index in [0.717, 1.165) is 23.5 Å². The molecule has 0 saturated carbocycles. The molecule has 9 heteroatoms. The van der Waals surface area contributed by atoms with Crippen LogP contribution in [0.15, 0.2) is 0 Å². The molecule has 0 spiro atoms. The van der Waals surface area contributed by atoms with Crippen molar-refractivity contribution in [3.63, 3.8) is 0 Å². The highest BCUT2D eigenvalue weighted by Crippen LogP contribution is 2.38. The van der Waals surface area contributed by atoms with E-state index in [2.05, 4.69) is 4.18 Å². The van der Waals surface area contributed by atoms with E-state index in [9.17, 15) is 8.42 Å². The molecule has 0 amide bonds. The second kappa shape index (κ2) is 6.94. The lowest BCUT2D eigenvalue weighted by molar-refractivity contribution is 0.237. The highest BCUT2D eigenvalue weighted by molar-refractivity contribution is 8.18. The van der Waals surface area contributed by atoms with Gasteiger partial charge in [0.05, 0.1) is 13.2 Å². The normalized spacial score (nSPS) is 13.1. The standard InChI is InChI=1S/C6H14O6S3/c1-6(13-4-2-7,14-5-3-8)12-15(9,10)11/h7-8H,2-5H2,1H3,(H,9,10,11). The zero-order valence-corrected chi connectivity index (χ0v) is 10.6. The van der Waals surface area contributed by atoms with Crippen LogP contribution >= 0.6 is 23.5 Å². The van der Waals surface area contributed by atoms with Crippen molar-refractivity contribution < 1.29 is 27.4 Å². The smallest absolute Gasteiger partial charge is 0.396 e. The summed E-state index contributed by atoms with van der Waals surface area (Å²) in [7, 11) is -4.55. The highest BCUT2D eigenvalue weighted by atomic mass is 32.3. The molecule has 0 fully saturated rings. The maximum Gasteiger partial charge on any atom is 0.399 e. The largest absolute Gasteiger partial charge is 0.399 e. The molecule has 92 valence electrons. The molecule has 6 nitrogen and oxygen atoms in total. The number of thioether (sulfide) groups is 2. The molecule has 0 saturated heterocycles. The Balaban J connectivity index is 4.39. The fourth-order valence-corrected chi connectivity index (χ4v) is 3.78. The van der Waals surface area contributed by atoms with Gasteiger partial charge in [0.1, 0.15) is 0 Å². The van der Waals surface area contributed by atoms with E-state index in [4.69, 9.17) is 14.8 Å². The molecule has 0 heterocycles. The molecule has 0 rings (SSSR count). The monoisotopic (exact) mass is 278 g/mol. The van der Waals surface area contributed by atoms with Crippen LogP contribution in [0.4, 0.5) is 0 Å². The van der Waals surface area contributed by atoms with E-state index in [1.54, 1.807) is 0 Å². The molecule has 0 aliphatic carbocycles. The Morgan fingerprint density at radius 1 is 1.20 bits per heavy atom. The van der Waals surface area contributed by atoms with Crippen molar-refractivity contribution in [3.8, 4) is 0 Å². The van der Waals surface area contributed by atoms with Gasteiger partial charge in [-0.25, -0.2) is 4.18 Å². The number of aliphatic hydroxyl groups is 2. The van der Waals surface area contributed by atoms with Crippen LogP contribution in [0.5, 0.6) is 0 Å². The Kier molecular flexibility index (Phi) is 7.17. The quantitative estimate of drug-likeness (QED) is 0.419. The van der Waals surface area contributed by atoms with E-state index in [1.165, 1.54) is 6.92 Å². The first-order valence-corrected chi connectivity index (χ1v) is 7.34. The zero-order valence-electron chi connectivity index (χ0n) is 8.12. The van der Waals surface area contributed by atoms with Gasteiger partial charge in [-0.05, 0) is 6.92 Å². The van der Waals surface area contributed by atoms with Gasteiger partial charge in [0.15, 0.2) is 4.27 Å². The van der Waals surface area contributed by atoms with Gasteiger partial charge in [-0.3, -0.25) is 4.55 Å². The fourth-order valence-electron chi connectivity index (χ4n) is 0.743. The Hall–Kier alpha value is 0.490. The molecular weight excluding hydrogens is 264 g/mol. The average molecular weight is 278 g/mol. The van der Waals surface area contributed by atoms with Crippen LogP contribution in [0.25, 0.3) is 0 Å². The molecule has 0 aliphatic heterocycles. The topological polar surface area (TPSA) is 104 Å². The first-order valence-electron chi connectivity index (χ1n) is 4.00.